The van der Waals surface area contributed by atoms with E-state index in [-0.39, 0.29) is 5.12 Å². The minimum absolute atomic E-state index is 0.171. The fraction of sp³-hybridized carbons (Fsp3) is 0.625. The molecule has 0 fully saturated rings. The maximum absolute atomic E-state index is 10.9. The number of rotatable bonds is 5. The molecule has 0 atom stereocenters. The van der Waals surface area contributed by atoms with Crippen molar-refractivity contribution in [2.45, 2.75) is 13.8 Å². The first-order valence-electron chi connectivity index (χ1n) is 3.68. The summed E-state index contributed by atoms with van der Waals surface area (Å²) in [7, 11) is 0. The SMILES string of the molecule is CC=CC(=O)SCCSCC. The van der Waals surface area contributed by atoms with E-state index in [1.807, 2.05) is 18.7 Å². The van der Waals surface area contributed by atoms with Crippen LogP contribution >= 0.6 is 23.5 Å². The molecule has 0 N–H and O–H groups in total. The van der Waals surface area contributed by atoms with Gasteiger partial charge in [0.25, 0.3) is 0 Å². The van der Waals surface area contributed by atoms with Crippen LogP contribution in [0.3, 0.4) is 0 Å². The van der Waals surface area contributed by atoms with Crippen molar-refractivity contribution < 1.29 is 4.79 Å². The number of carbonyl (C=O) groups excluding carboxylic acids is 1. The third-order valence-corrected chi connectivity index (χ3v) is 2.97. The first kappa shape index (κ1) is 11.1. The van der Waals surface area contributed by atoms with E-state index in [2.05, 4.69) is 6.92 Å². The Morgan fingerprint density at radius 2 is 2.18 bits per heavy atom. The highest BCUT2D eigenvalue weighted by atomic mass is 32.2. The molecule has 0 aliphatic carbocycles. The molecule has 1 nitrogen and oxygen atoms in total. The normalized spacial score (nSPS) is 10.7. The molecule has 0 aromatic rings. The smallest absolute Gasteiger partial charge is 0.211 e. The second-order valence-electron chi connectivity index (χ2n) is 1.86. The number of allylic oxidation sites excluding steroid dienone is 1. The van der Waals surface area contributed by atoms with Gasteiger partial charge in [-0.1, -0.05) is 24.8 Å². The van der Waals surface area contributed by atoms with Crippen molar-refractivity contribution in [3.63, 3.8) is 0 Å². The van der Waals surface area contributed by atoms with Gasteiger partial charge in [0.05, 0.1) is 0 Å². The quantitative estimate of drug-likeness (QED) is 0.490. The van der Waals surface area contributed by atoms with Gasteiger partial charge in [0, 0.05) is 11.5 Å². The van der Waals surface area contributed by atoms with Crippen LogP contribution in [-0.2, 0) is 4.79 Å². The van der Waals surface area contributed by atoms with Crippen molar-refractivity contribution in [3.05, 3.63) is 12.2 Å². The Balaban J connectivity index is 3.17. The minimum Gasteiger partial charge on any atom is -0.282 e. The van der Waals surface area contributed by atoms with Crippen LogP contribution in [0.1, 0.15) is 13.8 Å². The Morgan fingerprint density at radius 1 is 1.45 bits per heavy atom. The van der Waals surface area contributed by atoms with Crippen LogP contribution in [0.25, 0.3) is 0 Å². The summed E-state index contributed by atoms with van der Waals surface area (Å²) in [5.74, 6) is 3.14. The lowest BCUT2D eigenvalue weighted by atomic mass is 10.6. The van der Waals surface area contributed by atoms with Crippen LogP contribution < -0.4 is 0 Å². The molecule has 0 amide bonds. The van der Waals surface area contributed by atoms with Gasteiger partial charge in [-0.25, -0.2) is 0 Å². The van der Waals surface area contributed by atoms with Crippen LogP contribution in [0.5, 0.6) is 0 Å². The van der Waals surface area contributed by atoms with Crippen molar-refractivity contribution >= 4 is 28.6 Å². The van der Waals surface area contributed by atoms with E-state index in [0.29, 0.717) is 0 Å². The maximum atomic E-state index is 10.9. The lowest BCUT2D eigenvalue weighted by molar-refractivity contribution is -0.107. The molecule has 11 heavy (non-hydrogen) atoms. The molecular formula is C8H14OS2. The zero-order chi connectivity index (χ0) is 8.53. The van der Waals surface area contributed by atoms with E-state index in [0.717, 1.165) is 17.3 Å². The molecule has 64 valence electrons. The van der Waals surface area contributed by atoms with E-state index in [9.17, 15) is 4.79 Å². The summed E-state index contributed by atoms with van der Waals surface area (Å²) in [4.78, 5) is 10.9. The van der Waals surface area contributed by atoms with E-state index in [4.69, 9.17) is 0 Å². The molecule has 0 aromatic heterocycles. The summed E-state index contributed by atoms with van der Waals surface area (Å²) in [5.41, 5.74) is 0. The number of carbonyl (C=O) groups is 1. The molecule has 0 unspecified atom stereocenters. The van der Waals surface area contributed by atoms with Gasteiger partial charge in [-0.05, 0) is 18.8 Å². The molecule has 0 rings (SSSR count). The molecule has 0 aromatic carbocycles. The molecule has 0 aliphatic rings. The number of thioether (sulfide) groups is 2. The Labute approximate surface area is 77.0 Å². The van der Waals surface area contributed by atoms with E-state index in [1.165, 1.54) is 11.8 Å². The predicted octanol–water partition coefficient (Wildman–Crippen LogP) is 2.58. The fourth-order valence-corrected chi connectivity index (χ4v) is 2.06. The molecule has 0 spiro atoms. The summed E-state index contributed by atoms with van der Waals surface area (Å²) in [6.07, 6.45) is 3.39. The van der Waals surface area contributed by atoms with Gasteiger partial charge in [-0.2, -0.15) is 11.8 Å². The standard InChI is InChI=1S/C8H14OS2/c1-3-5-8(9)11-7-6-10-4-2/h3,5H,4,6-7H2,1-2H3. The lowest BCUT2D eigenvalue weighted by Crippen LogP contribution is -1.90. The van der Waals surface area contributed by atoms with Crippen LogP contribution in [0.2, 0.25) is 0 Å². The van der Waals surface area contributed by atoms with Gasteiger partial charge < -0.3 is 0 Å². The van der Waals surface area contributed by atoms with Gasteiger partial charge in [0.15, 0.2) is 0 Å². The van der Waals surface area contributed by atoms with Gasteiger partial charge >= 0.3 is 0 Å². The highest BCUT2D eigenvalue weighted by molar-refractivity contribution is 8.14. The first-order chi connectivity index (χ1) is 5.31. The Bertz CT molecular complexity index is 132. The summed E-state index contributed by atoms with van der Waals surface area (Å²) >= 11 is 3.27. The highest BCUT2D eigenvalue weighted by Crippen LogP contribution is 2.07. The maximum Gasteiger partial charge on any atom is 0.211 e. The van der Waals surface area contributed by atoms with Gasteiger partial charge in [0.2, 0.25) is 5.12 Å². The van der Waals surface area contributed by atoms with Gasteiger partial charge in [0.1, 0.15) is 0 Å². The molecule has 0 saturated heterocycles. The molecular weight excluding hydrogens is 176 g/mol. The number of hydrogen-bond donors (Lipinski definition) is 0. The fourth-order valence-electron chi connectivity index (χ4n) is 0.530. The second kappa shape index (κ2) is 8.21. The average molecular weight is 190 g/mol. The van der Waals surface area contributed by atoms with Crippen molar-refractivity contribution in [2.75, 3.05) is 17.3 Å². The molecule has 0 bridgehead atoms. The molecule has 0 saturated carbocycles. The third kappa shape index (κ3) is 8.01. The Hall–Kier alpha value is 0.110. The van der Waals surface area contributed by atoms with Crippen molar-refractivity contribution in [3.8, 4) is 0 Å². The summed E-state index contributed by atoms with van der Waals surface area (Å²) < 4.78 is 0. The largest absolute Gasteiger partial charge is 0.282 e. The van der Waals surface area contributed by atoms with E-state index in [1.54, 1.807) is 12.2 Å². The predicted molar refractivity (Wildman–Crippen MR) is 55.3 cm³/mol. The zero-order valence-corrected chi connectivity index (χ0v) is 8.63. The highest BCUT2D eigenvalue weighted by Gasteiger charge is 1.95. The Kier molecular flexibility index (Phi) is 8.29. The first-order valence-corrected chi connectivity index (χ1v) is 5.82. The number of hydrogen-bond acceptors (Lipinski definition) is 3. The van der Waals surface area contributed by atoms with Crippen molar-refractivity contribution in [1.82, 2.24) is 0 Å². The monoisotopic (exact) mass is 190 g/mol. The third-order valence-electron chi connectivity index (χ3n) is 0.979. The Morgan fingerprint density at radius 3 is 2.73 bits per heavy atom. The molecule has 3 heteroatoms. The van der Waals surface area contributed by atoms with Crippen molar-refractivity contribution in [1.29, 1.82) is 0 Å². The van der Waals surface area contributed by atoms with Crippen LogP contribution in [0.4, 0.5) is 0 Å². The van der Waals surface area contributed by atoms with E-state index >= 15 is 0 Å². The lowest BCUT2D eigenvalue weighted by Gasteiger charge is -1.94. The van der Waals surface area contributed by atoms with Crippen molar-refractivity contribution in [2.24, 2.45) is 0 Å². The second-order valence-corrected chi connectivity index (χ2v) is 4.36. The van der Waals surface area contributed by atoms with Crippen LogP contribution in [0, 0.1) is 0 Å². The zero-order valence-electron chi connectivity index (χ0n) is 7.00. The molecule has 0 aliphatic heterocycles. The van der Waals surface area contributed by atoms with E-state index < -0.39 is 0 Å². The minimum atomic E-state index is 0.171. The topological polar surface area (TPSA) is 17.1 Å². The van der Waals surface area contributed by atoms with Gasteiger partial charge in [-0.3, -0.25) is 4.79 Å². The summed E-state index contributed by atoms with van der Waals surface area (Å²) in [6.45, 7) is 3.99. The molecule has 0 radical (unpaired) electrons. The summed E-state index contributed by atoms with van der Waals surface area (Å²) in [6, 6.07) is 0. The average Bonchev–Trinajstić information content (AvgIpc) is 1.99. The van der Waals surface area contributed by atoms with Gasteiger partial charge in [-0.15, -0.1) is 0 Å². The van der Waals surface area contributed by atoms with Crippen LogP contribution in [-0.4, -0.2) is 22.4 Å². The summed E-state index contributed by atoms with van der Waals surface area (Å²) in [5, 5.41) is 0.171. The van der Waals surface area contributed by atoms with Crippen LogP contribution in [0.15, 0.2) is 12.2 Å². The molecule has 0 heterocycles.